The normalized spacial score (nSPS) is 12.8. The van der Waals surface area contributed by atoms with Crippen LogP contribution in [0.2, 0.25) is 0 Å². The predicted molar refractivity (Wildman–Crippen MR) is 108 cm³/mol. The van der Waals surface area contributed by atoms with E-state index in [2.05, 4.69) is 0 Å². The third kappa shape index (κ3) is 7.20. The Hall–Kier alpha value is -1.78. The van der Waals surface area contributed by atoms with Crippen molar-refractivity contribution in [1.82, 2.24) is 0 Å². The van der Waals surface area contributed by atoms with Gasteiger partial charge in [0.2, 0.25) is 0 Å². The minimum absolute atomic E-state index is 0.00791. The Balaban J connectivity index is 1.83. The van der Waals surface area contributed by atoms with Gasteiger partial charge in [0.25, 0.3) is 20.2 Å². The minimum atomic E-state index is -3.92. The molecule has 0 aromatic heterocycles. The maximum Gasteiger partial charge on any atom is 0.296 e. The first-order chi connectivity index (χ1) is 13.4. The molecule has 2 rings (SSSR count). The molecule has 1 N–H and O–H groups in total. The summed E-state index contributed by atoms with van der Waals surface area (Å²) in [5.74, 6) is 0. The van der Waals surface area contributed by atoms with Gasteiger partial charge in [-0.1, -0.05) is 35.4 Å². The van der Waals surface area contributed by atoms with Crippen LogP contribution >= 0.6 is 0 Å². The van der Waals surface area contributed by atoms with Crippen molar-refractivity contribution in [3.05, 3.63) is 59.7 Å². The van der Waals surface area contributed by atoms with E-state index in [1.54, 1.807) is 24.3 Å². The zero-order valence-electron chi connectivity index (χ0n) is 16.7. The summed E-state index contributed by atoms with van der Waals surface area (Å²) >= 11 is 0. The van der Waals surface area contributed by atoms with Crippen molar-refractivity contribution in [2.75, 3.05) is 13.2 Å². The van der Waals surface area contributed by atoms with Crippen LogP contribution in [0.4, 0.5) is 0 Å². The molecule has 0 aliphatic carbocycles. The molecule has 2 aromatic carbocycles. The molecule has 0 aliphatic rings. The molecule has 0 saturated heterocycles. The molecule has 0 aliphatic heterocycles. The molecule has 0 amide bonds. The Labute approximate surface area is 172 Å². The van der Waals surface area contributed by atoms with Crippen LogP contribution in [0, 0.1) is 13.8 Å². The highest BCUT2D eigenvalue weighted by Gasteiger charge is 2.24. The van der Waals surface area contributed by atoms with Crippen molar-refractivity contribution < 1.29 is 30.3 Å². The second-order valence-electron chi connectivity index (χ2n) is 7.18. The van der Waals surface area contributed by atoms with Gasteiger partial charge in [-0.15, -0.1) is 0 Å². The average Bonchev–Trinajstić information content (AvgIpc) is 2.61. The molecular formula is C20H26O7S2. The van der Waals surface area contributed by atoms with Gasteiger partial charge in [0.05, 0.1) is 28.6 Å². The van der Waals surface area contributed by atoms with Crippen molar-refractivity contribution in [3.63, 3.8) is 0 Å². The van der Waals surface area contributed by atoms with Crippen molar-refractivity contribution in [2.45, 2.75) is 49.0 Å². The Morgan fingerprint density at radius 1 is 0.724 bits per heavy atom. The van der Waals surface area contributed by atoms with Crippen LogP contribution in [0.3, 0.4) is 0 Å². The van der Waals surface area contributed by atoms with Gasteiger partial charge in [0, 0.05) is 12.8 Å². The number of hydrogen-bond donors (Lipinski definition) is 1. The molecule has 7 nitrogen and oxygen atoms in total. The molecule has 9 heteroatoms. The summed E-state index contributed by atoms with van der Waals surface area (Å²) in [5.41, 5.74) is 0.492. The lowest BCUT2D eigenvalue weighted by Crippen LogP contribution is -2.29. The first kappa shape index (κ1) is 23.5. The van der Waals surface area contributed by atoms with Crippen LogP contribution in [-0.2, 0) is 28.6 Å². The van der Waals surface area contributed by atoms with Crippen molar-refractivity contribution in [1.29, 1.82) is 0 Å². The van der Waals surface area contributed by atoms with Gasteiger partial charge < -0.3 is 5.11 Å². The number of rotatable bonds is 10. The summed E-state index contributed by atoms with van der Waals surface area (Å²) in [6.45, 7) is 4.67. The zero-order valence-corrected chi connectivity index (χ0v) is 18.3. The highest BCUT2D eigenvalue weighted by atomic mass is 32.2. The first-order valence-corrected chi connectivity index (χ1v) is 11.9. The number of aryl methyl sites for hydroxylation is 2. The summed E-state index contributed by atoms with van der Waals surface area (Å²) in [7, 11) is -7.84. The smallest absolute Gasteiger partial charge is 0.296 e. The summed E-state index contributed by atoms with van der Waals surface area (Å²) in [4.78, 5) is 0.0746. The number of aliphatic hydroxyl groups is 1. The Morgan fingerprint density at radius 3 is 1.34 bits per heavy atom. The second kappa shape index (κ2) is 9.36. The summed E-state index contributed by atoms with van der Waals surface area (Å²) in [5, 5.41) is 10.4. The minimum Gasteiger partial charge on any atom is -0.390 e. The molecule has 0 unspecified atom stereocenters. The molecule has 0 radical (unpaired) electrons. The topological polar surface area (TPSA) is 107 Å². The highest BCUT2D eigenvalue weighted by molar-refractivity contribution is 7.87. The van der Waals surface area contributed by atoms with E-state index in [9.17, 15) is 21.9 Å². The molecule has 0 saturated carbocycles. The molecule has 0 fully saturated rings. The van der Waals surface area contributed by atoms with Crippen LogP contribution < -0.4 is 0 Å². The van der Waals surface area contributed by atoms with E-state index in [1.165, 1.54) is 31.2 Å². The van der Waals surface area contributed by atoms with Gasteiger partial charge in [0.15, 0.2) is 0 Å². The Bertz CT molecular complexity index is 924. The van der Waals surface area contributed by atoms with Crippen molar-refractivity contribution in [2.24, 2.45) is 0 Å². The number of benzene rings is 2. The SMILES string of the molecule is Cc1ccc(S(=O)(=O)OCCC(C)(O)CCOS(=O)(=O)c2ccc(C)cc2)cc1. The van der Waals surface area contributed by atoms with Crippen LogP contribution in [0.15, 0.2) is 58.3 Å². The van der Waals surface area contributed by atoms with E-state index in [4.69, 9.17) is 8.37 Å². The van der Waals surface area contributed by atoms with Gasteiger partial charge in [-0.2, -0.15) is 16.8 Å². The van der Waals surface area contributed by atoms with Crippen molar-refractivity contribution in [3.8, 4) is 0 Å². The molecule has 0 atom stereocenters. The lowest BCUT2D eigenvalue weighted by atomic mass is 10.00. The van der Waals surface area contributed by atoms with E-state index in [0.717, 1.165) is 11.1 Å². The lowest BCUT2D eigenvalue weighted by Gasteiger charge is -2.22. The molecule has 2 aromatic rings. The summed E-state index contributed by atoms with van der Waals surface area (Å²) < 4.78 is 58.5. The van der Waals surface area contributed by atoms with Crippen molar-refractivity contribution >= 4 is 20.2 Å². The number of hydrogen-bond acceptors (Lipinski definition) is 7. The molecule has 0 bridgehead atoms. The Morgan fingerprint density at radius 2 is 1.03 bits per heavy atom. The molecule has 29 heavy (non-hydrogen) atoms. The van der Waals surface area contributed by atoms with E-state index < -0.39 is 25.8 Å². The molecule has 0 spiro atoms. The maximum absolute atomic E-state index is 12.1. The van der Waals surface area contributed by atoms with E-state index in [-0.39, 0.29) is 35.8 Å². The van der Waals surface area contributed by atoms with Gasteiger partial charge >= 0.3 is 0 Å². The van der Waals surface area contributed by atoms with Gasteiger partial charge in [-0.05, 0) is 45.0 Å². The second-order valence-corrected chi connectivity index (χ2v) is 10.4. The molecule has 0 heterocycles. The average molecular weight is 443 g/mol. The summed E-state index contributed by atoms with van der Waals surface area (Å²) in [6.07, 6.45) is -0.0158. The first-order valence-electron chi connectivity index (χ1n) is 9.06. The van der Waals surface area contributed by atoms with Crippen LogP contribution in [0.1, 0.15) is 30.9 Å². The quantitative estimate of drug-likeness (QED) is 0.564. The lowest BCUT2D eigenvalue weighted by molar-refractivity contribution is 0.0188. The van der Waals surface area contributed by atoms with E-state index in [1.807, 2.05) is 13.8 Å². The fourth-order valence-electron chi connectivity index (χ4n) is 2.41. The monoisotopic (exact) mass is 442 g/mol. The maximum atomic E-state index is 12.1. The fourth-order valence-corrected chi connectivity index (χ4v) is 4.23. The molecule has 160 valence electrons. The van der Waals surface area contributed by atoms with Crippen LogP contribution in [0.5, 0.6) is 0 Å². The Kier molecular flexibility index (Phi) is 7.58. The summed E-state index contributed by atoms with van der Waals surface area (Å²) in [6, 6.07) is 12.5. The largest absolute Gasteiger partial charge is 0.390 e. The third-order valence-corrected chi connectivity index (χ3v) is 7.03. The standard InChI is InChI=1S/C20H26O7S2/c1-16-4-8-18(9-5-16)28(22,23)26-14-12-20(3,21)13-15-27-29(24,25)19-10-6-17(2)7-11-19/h4-11,21H,12-15H2,1-3H3. The van der Waals surface area contributed by atoms with E-state index >= 15 is 0 Å². The highest BCUT2D eigenvalue weighted by Crippen LogP contribution is 2.20. The predicted octanol–water partition coefficient (Wildman–Crippen LogP) is 2.95. The van der Waals surface area contributed by atoms with Crippen LogP contribution in [-0.4, -0.2) is 40.8 Å². The van der Waals surface area contributed by atoms with Gasteiger partial charge in [0.1, 0.15) is 0 Å². The van der Waals surface area contributed by atoms with Gasteiger partial charge in [-0.3, -0.25) is 8.37 Å². The third-order valence-electron chi connectivity index (χ3n) is 4.38. The fraction of sp³-hybridized carbons (Fsp3) is 0.400. The van der Waals surface area contributed by atoms with Crippen LogP contribution in [0.25, 0.3) is 0 Å². The van der Waals surface area contributed by atoms with Gasteiger partial charge in [-0.25, -0.2) is 0 Å². The van der Waals surface area contributed by atoms with E-state index in [0.29, 0.717) is 0 Å². The molecular weight excluding hydrogens is 416 g/mol. The zero-order chi connectivity index (χ0) is 21.7.